The molecule has 14 aromatic heterocycles. The van der Waals surface area contributed by atoms with E-state index in [0.29, 0.717) is 249 Å². The number of H-pyrrole nitrogens is 12. The van der Waals surface area contributed by atoms with Gasteiger partial charge in [0.25, 0.3) is 39.3 Å². The molecule has 149 heavy (non-hydrogen) atoms. The average Bonchev–Trinajstić information content (AvgIpc) is 1.77. The molecule has 0 aliphatic rings. The number of nitrogens with two attached hydrogens (primary N) is 1. The highest BCUT2D eigenvalue weighted by Crippen LogP contribution is 2.37. The summed E-state index contributed by atoms with van der Waals surface area (Å²) in [6, 6.07) is 51.1. The van der Waals surface area contributed by atoms with Crippen LogP contribution in [0.2, 0.25) is 0 Å². The van der Waals surface area contributed by atoms with Gasteiger partial charge in [-0.3, -0.25) is 57.9 Å². The maximum Gasteiger partial charge on any atom is 0.277 e. The molecule has 0 atom stereocenters. The molecule has 46 nitrogen and oxygen atoms in total. The zero-order chi connectivity index (χ0) is 105. The van der Waals surface area contributed by atoms with Crippen molar-refractivity contribution < 1.29 is 47.6 Å². The molecule has 750 valence electrons. The predicted octanol–water partition coefficient (Wildman–Crippen LogP) is 12.6. The van der Waals surface area contributed by atoms with Gasteiger partial charge in [0.2, 0.25) is 5.91 Å². The zero-order valence-electron chi connectivity index (χ0n) is 80.8. The van der Waals surface area contributed by atoms with Gasteiger partial charge in [-0.1, -0.05) is 42.5 Å². The second kappa shape index (κ2) is 46.8. The quantitative estimate of drug-likeness (QED) is 0.0168. The van der Waals surface area contributed by atoms with Crippen LogP contribution in [0, 0.1) is 11.3 Å². The van der Waals surface area contributed by atoms with Gasteiger partial charge in [-0.15, -0.1) is 0 Å². The van der Waals surface area contributed by atoms with Gasteiger partial charge >= 0.3 is 0 Å². The molecule has 0 bridgehead atoms. The van der Waals surface area contributed by atoms with E-state index in [4.69, 9.17) is 39.4 Å². The number of para-hydroxylation sites is 1. The Labute approximate surface area is 840 Å². The Morgan fingerprint density at radius 1 is 0.362 bits per heavy atom. The van der Waals surface area contributed by atoms with Crippen LogP contribution in [0.1, 0.15) is 96.4 Å². The minimum Gasteiger partial charge on any atom is -0.493 e. The number of rotatable bonds is 27. The molecule has 0 fully saturated rings. The number of pyridine rings is 2. The molecule has 0 saturated carbocycles. The number of nitrogen functional groups attached to an aromatic ring is 1. The van der Waals surface area contributed by atoms with Crippen molar-refractivity contribution in [2.45, 2.75) is 61.3 Å². The number of nitrogens with one attached hydrogen (secondary N) is 13. The van der Waals surface area contributed by atoms with Crippen LogP contribution in [-0.4, -0.2) is 200 Å². The fourth-order valence-corrected chi connectivity index (χ4v) is 15.1. The number of carbonyl (C=O) groups is 4. The SMILES string of the molecule is CCOc1cc(C#N)ccc1-c1nc2nc[nH]c2c(=O)[nH]1.CCOc1cc(C(=O)Cc2ccccn2)ccc1-c1nc2nc[nH]c2c(=O)[nH]1.CCOc1cc(C(=O)Cc2cccnc2)ccc1-c1nc2nc[nH]c2c(=O)[nH]1.CCOc1cc(C(=O)N(C)c2ccccc2)ccc1-c1nc2nc[nH]c2c(=O)[nH]1.CCOc1cc(N)ccc1-c1nc2nc[nH]c2c(=O)[nH]1.CCOc1cc(NC(C)=O)ccc1-c1nc2nc[nH]c2c(=O)[nH]1. The maximum atomic E-state index is 12.9. The lowest BCUT2D eigenvalue weighted by molar-refractivity contribution is -0.114. The van der Waals surface area contributed by atoms with Crippen LogP contribution in [0.4, 0.5) is 17.1 Å². The maximum absolute atomic E-state index is 12.9. The largest absolute Gasteiger partial charge is 0.493 e. The molecule has 21 aromatic rings. The summed E-state index contributed by atoms with van der Waals surface area (Å²) in [6.45, 7) is 15.1. The topological polar surface area (TPSA) is 661 Å². The van der Waals surface area contributed by atoms with Crippen LogP contribution in [0.5, 0.6) is 34.5 Å². The summed E-state index contributed by atoms with van der Waals surface area (Å²) in [5.74, 6) is 4.60. The van der Waals surface area contributed by atoms with Crippen molar-refractivity contribution in [3.8, 4) is 109 Å². The van der Waals surface area contributed by atoms with Crippen molar-refractivity contribution in [2.75, 3.05) is 62.6 Å². The van der Waals surface area contributed by atoms with Crippen molar-refractivity contribution in [3.63, 3.8) is 0 Å². The lowest BCUT2D eigenvalue weighted by Crippen LogP contribution is -2.26. The van der Waals surface area contributed by atoms with Crippen LogP contribution >= 0.6 is 0 Å². The third-order valence-corrected chi connectivity index (χ3v) is 22.0. The van der Waals surface area contributed by atoms with Gasteiger partial charge in [0, 0.05) is 90.6 Å². The van der Waals surface area contributed by atoms with E-state index in [1.165, 1.54) is 44.9 Å². The highest BCUT2D eigenvalue weighted by Gasteiger charge is 2.25. The Bertz CT molecular complexity index is 8710. The molecule has 7 aromatic carbocycles. The van der Waals surface area contributed by atoms with Gasteiger partial charge < -0.3 is 104 Å². The van der Waals surface area contributed by atoms with Crippen molar-refractivity contribution >= 4 is 107 Å². The van der Waals surface area contributed by atoms with Gasteiger partial charge in [0.05, 0.1) is 129 Å². The number of fused-ring (bicyclic) bond motifs is 6. The summed E-state index contributed by atoms with van der Waals surface area (Å²) >= 11 is 0. The molecule has 0 unspecified atom stereocenters. The number of amides is 2. The van der Waals surface area contributed by atoms with Gasteiger partial charge in [-0.25, -0.2) is 59.8 Å². The van der Waals surface area contributed by atoms with E-state index in [1.54, 1.807) is 152 Å². The van der Waals surface area contributed by atoms with Crippen LogP contribution < -0.4 is 77.7 Å². The monoisotopic (exact) mass is 2000 g/mol. The number of nitrogens with zero attached hydrogens (tertiary/aromatic N) is 16. The number of aromatic amines is 12. The Morgan fingerprint density at radius 3 is 1.05 bits per heavy atom. The third-order valence-electron chi connectivity index (χ3n) is 22.0. The Morgan fingerprint density at radius 2 is 0.698 bits per heavy atom. The van der Waals surface area contributed by atoms with Crippen molar-refractivity contribution in [3.05, 3.63) is 322 Å². The Hall–Kier alpha value is -20.7. The molecule has 0 radical (unpaired) electrons. The van der Waals surface area contributed by atoms with Crippen LogP contribution in [0.25, 0.3) is 135 Å². The van der Waals surface area contributed by atoms with Gasteiger partial charge in [0.15, 0.2) is 78.5 Å². The number of imidazole rings is 6. The molecule has 15 N–H and O–H groups in total. The molecular formula is C103H92N30O16. The van der Waals surface area contributed by atoms with E-state index >= 15 is 0 Å². The molecule has 21 rings (SSSR count). The molecule has 0 aliphatic carbocycles. The van der Waals surface area contributed by atoms with Crippen molar-refractivity contribution in [1.29, 1.82) is 5.26 Å². The first-order chi connectivity index (χ1) is 72.4. The van der Waals surface area contributed by atoms with Crippen LogP contribution in [0.15, 0.2) is 255 Å². The summed E-state index contributed by atoms with van der Waals surface area (Å²) in [5, 5.41) is 11.6. The van der Waals surface area contributed by atoms with E-state index < -0.39 is 0 Å². The molecule has 0 spiro atoms. The molecule has 2 amide bonds. The molecule has 46 heteroatoms. The number of benzene rings is 7. The number of Topliss-reactive ketones (excluding diaryl/α,β-unsaturated/α-hetero) is 2. The van der Waals surface area contributed by atoms with Gasteiger partial charge in [0.1, 0.15) is 69.4 Å². The smallest absolute Gasteiger partial charge is 0.277 e. The fourth-order valence-electron chi connectivity index (χ4n) is 15.1. The Kier molecular flexibility index (Phi) is 31.8. The van der Waals surface area contributed by atoms with Crippen molar-refractivity contribution in [2.24, 2.45) is 0 Å². The summed E-state index contributed by atoms with van der Waals surface area (Å²) in [6.07, 6.45) is 13.9. The van der Waals surface area contributed by atoms with Crippen LogP contribution in [0.3, 0.4) is 0 Å². The van der Waals surface area contributed by atoms with E-state index in [-0.39, 0.29) is 69.6 Å². The highest BCUT2D eigenvalue weighted by molar-refractivity contribution is 6.06. The molecule has 0 aliphatic heterocycles. The summed E-state index contributed by atoms with van der Waals surface area (Å²) in [5.41, 5.74) is 16.9. The van der Waals surface area contributed by atoms with Gasteiger partial charge in [-0.2, -0.15) is 5.26 Å². The van der Waals surface area contributed by atoms with E-state index in [0.717, 1.165) is 11.3 Å². The normalized spacial score (nSPS) is 10.8. The molecule has 14 heterocycles. The van der Waals surface area contributed by atoms with E-state index in [1.807, 2.05) is 90.1 Å². The number of nitriles is 1. The number of aromatic nitrogens is 26. The standard InChI is InChI=1S/C21H19N5O3.2C20H17N5O3.C15H15N5O3.C14H11N5O2.C13H13N5O2/c1-3-29-16-11-13(21(28)26(2)14-7-5-4-6-8-14)9-10-15(16)18-24-19-17(20(27)25-18)22-12-23-19;1-2-28-16-9-13(15(26)8-12-4-3-7-21-10-12)5-6-14(16)18-24-19-17(20(27)25-18)22-11-23-19;1-2-28-16-9-12(15(26)10-13-5-3-4-8-21-13)6-7-14(16)18-24-19-17(20(27)25-18)22-11-23-19;1-3-23-11-6-9(18-8(2)21)4-5-10(11)13-19-14-12(15(22)20-13)16-7-17-14;1-2-21-10-5-8(6-15)3-4-9(10)12-18-13-11(14(20)19-12)16-7-17-13;1-2-20-9-5-7(14)3-4-8(9)11-17-12-10(13(19)18-11)15-6-16-12/h4-12H,3H2,1-2H3,(H2,22,23,24,25,27);3-7,9-11H,2,8H2,1H3,(H2,22,23,24,25,27);3-9,11H,2,10H2,1H3,(H2,22,23,24,25,27);4-7H,3H2,1-2H3,(H,18,21)(H2,16,17,19,20,22);3-5,7H,2H2,1H3,(H2,16,17,18,19,20);3-6H,2,14H2,1H3,(H2,15,16,17,18,19). The first-order valence-electron chi connectivity index (χ1n) is 46.2. The van der Waals surface area contributed by atoms with Gasteiger partial charge in [-0.05, 0) is 162 Å². The minimum atomic E-state index is -0.325. The second-order valence-corrected chi connectivity index (χ2v) is 31.9. The average molecular weight is 2010 g/mol. The number of ketones is 2. The van der Waals surface area contributed by atoms with E-state index in [2.05, 4.69) is 141 Å². The first-order valence-corrected chi connectivity index (χ1v) is 46.2. The van der Waals surface area contributed by atoms with E-state index in [9.17, 15) is 47.9 Å². The summed E-state index contributed by atoms with van der Waals surface area (Å²) in [7, 11) is 1.72. The predicted molar refractivity (Wildman–Crippen MR) is 554 cm³/mol. The number of anilines is 3. The molecular weight excluding hydrogens is 1910 g/mol. The Balaban J connectivity index is 0.000000128. The lowest BCUT2D eigenvalue weighted by Gasteiger charge is -2.18. The zero-order valence-corrected chi connectivity index (χ0v) is 80.8. The van der Waals surface area contributed by atoms with Crippen molar-refractivity contribution in [1.82, 2.24) is 130 Å². The number of hydrogen-bond acceptors (Lipinski definition) is 32. The number of hydrogen-bond donors (Lipinski definition) is 14. The fraction of sp³-hybridized carbons (Fsp3) is 0.155. The third kappa shape index (κ3) is 23.9. The van der Waals surface area contributed by atoms with Crippen LogP contribution in [-0.2, 0) is 17.6 Å². The molecule has 0 saturated heterocycles. The minimum absolute atomic E-state index is 0.0512. The lowest BCUT2D eigenvalue weighted by atomic mass is 10.0. The summed E-state index contributed by atoms with van der Waals surface area (Å²) in [4.78, 5) is 215. The highest BCUT2D eigenvalue weighted by atomic mass is 16.5. The first kappa shape index (κ1) is 101. The second-order valence-electron chi connectivity index (χ2n) is 31.9. The summed E-state index contributed by atoms with van der Waals surface area (Å²) < 4.78 is 33.8. The number of carbonyl (C=O) groups excluding carboxylic acids is 4. The number of ether oxygens (including phenoxy) is 6.